The van der Waals surface area contributed by atoms with E-state index in [1.54, 1.807) is 0 Å². The van der Waals surface area contributed by atoms with Crippen LogP contribution in [0.1, 0.15) is 5.69 Å². The summed E-state index contributed by atoms with van der Waals surface area (Å²) in [5, 5.41) is 14.1. The zero-order chi connectivity index (χ0) is 16.9. The van der Waals surface area contributed by atoms with Gasteiger partial charge in [-0.3, -0.25) is 19.8 Å². The van der Waals surface area contributed by atoms with Crippen LogP contribution in [0.25, 0.3) is 10.9 Å². The van der Waals surface area contributed by atoms with Crippen molar-refractivity contribution in [3.63, 3.8) is 0 Å². The molecular weight excluding hydrogens is 333 g/mol. The van der Waals surface area contributed by atoms with E-state index in [-0.39, 0.29) is 16.6 Å². The van der Waals surface area contributed by atoms with Crippen molar-refractivity contribution in [3.05, 3.63) is 22.0 Å². The highest BCUT2D eigenvalue weighted by Crippen LogP contribution is 2.35. The highest BCUT2D eigenvalue weighted by molar-refractivity contribution is 7.88. The largest absolute Gasteiger partial charge is 0.534 e. The molecule has 0 N–H and O–H groups in total. The third-order valence-electron chi connectivity index (χ3n) is 2.66. The summed E-state index contributed by atoms with van der Waals surface area (Å²) in [7, 11) is -4.75. The van der Waals surface area contributed by atoms with Crippen molar-refractivity contribution >= 4 is 26.7 Å². The molecule has 2 rings (SSSR count). The van der Waals surface area contributed by atoms with Gasteiger partial charge in [0, 0.05) is 13.2 Å². The standard InChI is InChI=1S/C9H7F3N4O5S/c1-4-6(16(17)18)7-5(3-13-4)8(14-15(7)2)21-22(19,20)9(10,11)12/h3H,1-2H3. The third-order valence-corrected chi connectivity index (χ3v) is 3.60. The molecule has 120 valence electrons. The number of nitrogens with zero attached hydrogens (tertiary/aromatic N) is 4. The molecule has 2 aromatic rings. The van der Waals surface area contributed by atoms with Gasteiger partial charge in [-0.2, -0.15) is 21.6 Å². The van der Waals surface area contributed by atoms with Crippen LogP contribution < -0.4 is 4.18 Å². The summed E-state index contributed by atoms with van der Waals surface area (Å²) in [5.41, 5.74) is -6.37. The molecule has 22 heavy (non-hydrogen) atoms. The van der Waals surface area contributed by atoms with E-state index in [0.717, 1.165) is 10.9 Å². The molecule has 0 saturated carbocycles. The first-order chi connectivity index (χ1) is 9.95. The number of halogens is 3. The molecule has 2 heterocycles. The quantitative estimate of drug-likeness (QED) is 0.359. The summed E-state index contributed by atoms with van der Waals surface area (Å²) in [6.07, 6.45) is 0.950. The monoisotopic (exact) mass is 340 g/mol. The van der Waals surface area contributed by atoms with E-state index >= 15 is 0 Å². The van der Waals surface area contributed by atoms with Gasteiger partial charge in [0.05, 0.1) is 10.3 Å². The average Bonchev–Trinajstić information content (AvgIpc) is 2.63. The van der Waals surface area contributed by atoms with Crippen LogP contribution in [0.15, 0.2) is 6.20 Å². The van der Waals surface area contributed by atoms with Crippen LogP contribution in [0.4, 0.5) is 18.9 Å². The van der Waals surface area contributed by atoms with Crippen molar-refractivity contribution in [2.75, 3.05) is 0 Å². The van der Waals surface area contributed by atoms with E-state index in [1.165, 1.54) is 14.0 Å². The van der Waals surface area contributed by atoms with Crippen LogP contribution in [0, 0.1) is 17.0 Å². The van der Waals surface area contributed by atoms with Crippen LogP contribution in [-0.2, 0) is 17.2 Å². The molecule has 2 aromatic heterocycles. The SMILES string of the molecule is Cc1ncc2c(OS(=O)(=O)C(F)(F)F)nn(C)c2c1[N+](=O)[O-]. The molecule has 0 saturated heterocycles. The molecule has 0 unspecified atom stereocenters. The van der Waals surface area contributed by atoms with Crippen LogP contribution in [-0.4, -0.2) is 33.6 Å². The van der Waals surface area contributed by atoms with Crippen molar-refractivity contribution in [1.29, 1.82) is 0 Å². The highest BCUT2D eigenvalue weighted by Gasteiger charge is 2.49. The van der Waals surface area contributed by atoms with E-state index in [9.17, 15) is 31.7 Å². The van der Waals surface area contributed by atoms with Crippen LogP contribution >= 0.6 is 0 Å². The number of aromatic nitrogens is 3. The second kappa shape index (κ2) is 4.79. The van der Waals surface area contributed by atoms with Gasteiger partial charge in [-0.25, -0.2) is 0 Å². The summed E-state index contributed by atoms with van der Waals surface area (Å²) >= 11 is 0. The molecule has 9 nitrogen and oxygen atoms in total. The van der Waals surface area contributed by atoms with Gasteiger partial charge in [-0.1, -0.05) is 0 Å². The molecule has 0 aliphatic rings. The van der Waals surface area contributed by atoms with E-state index < -0.39 is 32.1 Å². The maximum Gasteiger partial charge on any atom is 0.534 e. The summed E-state index contributed by atoms with van der Waals surface area (Å²) in [6.45, 7) is 1.32. The number of nitro groups is 1. The Kier molecular flexibility index (Phi) is 3.47. The Morgan fingerprint density at radius 3 is 2.50 bits per heavy atom. The minimum absolute atomic E-state index is 0.00858. The lowest BCUT2D eigenvalue weighted by Crippen LogP contribution is -2.28. The molecule has 0 bridgehead atoms. The number of rotatable bonds is 3. The Labute approximate surface area is 120 Å². The van der Waals surface area contributed by atoms with Gasteiger partial charge in [0.15, 0.2) is 5.52 Å². The van der Waals surface area contributed by atoms with Gasteiger partial charge in [0.25, 0.3) is 5.88 Å². The number of alkyl halides is 3. The second-order valence-corrected chi connectivity index (χ2v) is 5.66. The number of hydrogen-bond donors (Lipinski definition) is 0. The Hall–Kier alpha value is -2.44. The molecule has 0 radical (unpaired) electrons. The van der Waals surface area contributed by atoms with Crippen molar-refractivity contribution < 1.29 is 30.7 Å². The predicted octanol–water partition coefficient (Wildman–Crippen LogP) is 1.41. The fourth-order valence-electron chi connectivity index (χ4n) is 1.74. The first kappa shape index (κ1) is 15.9. The number of pyridine rings is 1. The number of fused-ring (bicyclic) bond motifs is 1. The molecular formula is C9H7F3N4O5S. The van der Waals surface area contributed by atoms with Crippen molar-refractivity contribution in [1.82, 2.24) is 14.8 Å². The maximum atomic E-state index is 12.3. The van der Waals surface area contributed by atoms with Crippen LogP contribution in [0.3, 0.4) is 0 Å². The van der Waals surface area contributed by atoms with E-state index in [4.69, 9.17) is 0 Å². The van der Waals surface area contributed by atoms with Gasteiger partial charge in [-0.15, -0.1) is 5.10 Å². The van der Waals surface area contributed by atoms with E-state index in [1.807, 2.05) is 0 Å². The first-order valence-corrected chi connectivity index (χ1v) is 6.84. The lowest BCUT2D eigenvalue weighted by molar-refractivity contribution is -0.384. The Bertz CT molecular complexity index is 873. The van der Waals surface area contributed by atoms with Crippen LogP contribution in [0.5, 0.6) is 5.88 Å². The van der Waals surface area contributed by atoms with Crippen molar-refractivity contribution in [2.24, 2.45) is 7.05 Å². The lowest BCUT2D eigenvalue weighted by Gasteiger charge is -2.07. The normalized spacial score (nSPS) is 12.6. The van der Waals surface area contributed by atoms with Gasteiger partial charge in [0.2, 0.25) is 0 Å². The van der Waals surface area contributed by atoms with Gasteiger partial charge in [-0.05, 0) is 6.92 Å². The van der Waals surface area contributed by atoms with Crippen molar-refractivity contribution in [2.45, 2.75) is 12.4 Å². The minimum Gasteiger partial charge on any atom is -0.353 e. The Morgan fingerprint density at radius 2 is 2.00 bits per heavy atom. The molecule has 0 atom stereocenters. The maximum absolute atomic E-state index is 12.3. The second-order valence-electron chi connectivity index (χ2n) is 4.12. The third kappa shape index (κ3) is 2.43. The molecule has 13 heteroatoms. The van der Waals surface area contributed by atoms with Gasteiger partial charge >= 0.3 is 21.3 Å². The van der Waals surface area contributed by atoms with Crippen molar-refractivity contribution in [3.8, 4) is 5.88 Å². The predicted molar refractivity (Wildman–Crippen MR) is 65.5 cm³/mol. The molecule has 0 aliphatic heterocycles. The molecule has 0 aliphatic carbocycles. The molecule has 0 spiro atoms. The fraction of sp³-hybridized carbons (Fsp3) is 0.333. The summed E-state index contributed by atoms with van der Waals surface area (Å²) in [6, 6.07) is 0. The molecule has 0 amide bonds. The first-order valence-electron chi connectivity index (χ1n) is 5.43. The molecule has 0 aromatic carbocycles. The zero-order valence-corrected chi connectivity index (χ0v) is 11.8. The zero-order valence-electron chi connectivity index (χ0n) is 10.9. The van der Waals surface area contributed by atoms with Gasteiger partial charge < -0.3 is 4.18 Å². The summed E-state index contributed by atoms with van der Waals surface area (Å²) in [4.78, 5) is 13.9. The Balaban J connectivity index is 2.70. The summed E-state index contributed by atoms with van der Waals surface area (Å²) in [5.74, 6) is -0.939. The number of hydrogen-bond acceptors (Lipinski definition) is 7. The van der Waals surface area contributed by atoms with Crippen LogP contribution in [0.2, 0.25) is 0 Å². The van der Waals surface area contributed by atoms with E-state index in [2.05, 4.69) is 14.3 Å². The number of aryl methyl sites for hydroxylation is 2. The fourth-order valence-corrected chi connectivity index (χ4v) is 2.16. The lowest BCUT2D eigenvalue weighted by atomic mass is 10.2. The Morgan fingerprint density at radius 1 is 1.41 bits per heavy atom. The minimum atomic E-state index is -5.95. The van der Waals surface area contributed by atoms with Gasteiger partial charge in [0.1, 0.15) is 5.69 Å². The topological polar surface area (TPSA) is 117 Å². The summed E-state index contributed by atoms with van der Waals surface area (Å²) < 4.78 is 63.8. The highest BCUT2D eigenvalue weighted by atomic mass is 32.2. The molecule has 0 fully saturated rings. The average molecular weight is 340 g/mol. The smallest absolute Gasteiger partial charge is 0.353 e. The van der Waals surface area contributed by atoms with E-state index in [0.29, 0.717) is 0 Å².